The van der Waals surface area contributed by atoms with Crippen molar-refractivity contribution in [3.8, 4) is 11.6 Å². The average Bonchev–Trinajstić information content (AvgIpc) is 2.44. The van der Waals surface area contributed by atoms with Gasteiger partial charge in [0.15, 0.2) is 5.78 Å². The van der Waals surface area contributed by atoms with E-state index in [0.717, 1.165) is 6.54 Å². The van der Waals surface area contributed by atoms with Crippen molar-refractivity contribution in [1.29, 1.82) is 0 Å². The molecule has 0 radical (unpaired) electrons. The van der Waals surface area contributed by atoms with Gasteiger partial charge in [-0.05, 0) is 13.0 Å². The van der Waals surface area contributed by atoms with E-state index in [9.17, 15) is 4.79 Å². The standard InChI is InChI=1S/C15H24N2O3/c1-5-13(18)10-19-14-6-7-15(17-9-14)20-12(4)8-16-11(2)3/h6-7,9,11-12,16H,5,8,10H2,1-4H3/t12-/m0/s1. The van der Waals surface area contributed by atoms with Crippen LogP contribution in [0.5, 0.6) is 11.6 Å². The van der Waals surface area contributed by atoms with E-state index in [0.29, 0.717) is 24.1 Å². The molecule has 1 heterocycles. The van der Waals surface area contributed by atoms with Crippen molar-refractivity contribution >= 4 is 5.78 Å². The van der Waals surface area contributed by atoms with Crippen LogP contribution in [0.15, 0.2) is 18.3 Å². The third-order valence-corrected chi connectivity index (χ3v) is 2.64. The number of carbonyl (C=O) groups excluding carboxylic acids is 1. The highest BCUT2D eigenvalue weighted by Crippen LogP contribution is 2.14. The van der Waals surface area contributed by atoms with Gasteiger partial charge in [0.2, 0.25) is 5.88 Å². The average molecular weight is 280 g/mol. The minimum atomic E-state index is 0.0401. The molecule has 20 heavy (non-hydrogen) atoms. The summed E-state index contributed by atoms with van der Waals surface area (Å²) in [5, 5.41) is 3.30. The second-order valence-electron chi connectivity index (χ2n) is 5.00. The second-order valence-corrected chi connectivity index (χ2v) is 5.00. The van der Waals surface area contributed by atoms with Crippen LogP contribution in [0, 0.1) is 0 Å². The minimum absolute atomic E-state index is 0.0401. The van der Waals surface area contributed by atoms with Gasteiger partial charge in [0.05, 0.1) is 6.20 Å². The fourth-order valence-electron chi connectivity index (χ4n) is 1.44. The summed E-state index contributed by atoms with van der Waals surface area (Å²) in [4.78, 5) is 15.3. The molecule has 1 aromatic rings. The Hall–Kier alpha value is -1.62. The van der Waals surface area contributed by atoms with Gasteiger partial charge in [-0.3, -0.25) is 4.79 Å². The van der Waals surface area contributed by atoms with E-state index in [1.165, 1.54) is 0 Å². The van der Waals surface area contributed by atoms with Crippen LogP contribution in [0.4, 0.5) is 0 Å². The van der Waals surface area contributed by atoms with Crippen LogP contribution in [0.1, 0.15) is 34.1 Å². The molecule has 0 aromatic carbocycles. The molecule has 0 unspecified atom stereocenters. The van der Waals surface area contributed by atoms with Crippen LogP contribution < -0.4 is 14.8 Å². The smallest absolute Gasteiger partial charge is 0.213 e. The van der Waals surface area contributed by atoms with Crippen molar-refractivity contribution in [2.24, 2.45) is 0 Å². The first-order valence-electron chi connectivity index (χ1n) is 7.01. The Balaban J connectivity index is 2.40. The van der Waals surface area contributed by atoms with Crippen LogP contribution in [0.3, 0.4) is 0 Å². The Morgan fingerprint density at radius 1 is 1.35 bits per heavy atom. The van der Waals surface area contributed by atoms with Crippen molar-refractivity contribution in [2.75, 3.05) is 13.2 Å². The van der Waals surface area contributed by atoms with Gasteiger partial charge >= 0.3 is 0 Å². The summed E-state index contributed by atoms with van der Waals surface area (Å²) >= 11 is 0. The zero-order valence-corrected chi connectivity index (χ0v) is 12.7. The van der Waals surface area contributed by atoms with Gasteiger partial charge in [-0.2, -0.15) is 0 Å². The number of Topliss-reactive ketones (excluding diaryl/α,β-unsaturated/α-hetero) is 1. The van der Waals surface area contributed by atoms with Crippen molar-refractivity contribution < 1.29 is 14.3 Å². The number of pyridine rings is 1. The van der Waals surface area contributed by atoms with E-state index >= 15 is 0 Å². The Kier molecular flexibility index (Phi) is 7.01. The van der Waals surface area contributed by atoms with Crippen LogP contribution in [-0.4, -0.2) is 36.1 Å². The highest BCUT2D eigenvalue weighted by molar-refractivity contribution is 5.79. The number of aromatic nitrogens is 1. The second kappa shape index (κ2) is 8.53. The minimum Gasteiger partial charge on any atom is -0.484 e. The molecule has 112 valence electrons. The summed E-state index contributed by atoms with van der Waals surface area (Å²) in [6.45, 7) is 8.84. The molecule has 0 spiro atoms. The molecule has 0 saturated carbocycles. The van der Waals surface area contributed by atoms with Crippen LogP contribution >= 0.6 is 0 Å². The zero-order valence-electron chi connectivity index (χ0n) is 12.7. The van der Waals surface area contributed by atoms with Crippen LogP contribution in [0.25, 0.3) is 0 Å². The van der Waals surface area contributed by atoms with Crippen LogP contribution in [0.2, 0.25) is 0 Å². The summed E-state index contributed by atoms with van der Waals surface area (Å²) in [6, 6.07) is 3.94. The lowest BCUT2D eigenvalue weighted by Crippen LogP contribution is -2.33. The molecule has 0 saturated heterocycles. The third-order valence-electron chi connectivity index (χ3n) is 2.64. The number of ether oxygens (including phenoxy) is 2. The molecule has 0 aliphatic carbocycles. The number of carbonyl (C=O) groups is 1. The fourth-order valence-corrected chi connectivity index (χ4v) is 1.44. The first-order chi connectivity index (χ1) is 9.51. The van der Waals surface area contributed by atoms with Gasteiger partial charge in [-0.15, -0.1) is 0 Å². The van der Waals surface area contributed by atoms with E-state index in [-0.39, 0.29) is 18.5 Å². The summed E-state index contributed by atoms with van der Waals surface area (Å²) in [5.74, 6) is 1.20. The summed E-state index contributed by atoms with van der Waals surface area (Å²) in [6.07, 6.45) is 2.09. The van der Waals surface area contributed by atoms with Crippen molar-refractivity contribution in [2.45, 2.75) is 46.3 Å². The number of ketones is 1. The largest absolute Gasteiger partial charge is 0.484 e. The van der Waals surface area contributed by atoms with E-state index < -0.39 is 0 Å². The molecule has 0 aliphatic rings. The van der Waals surface area contributed by atoms with Gasteiger partial charge in [-0.25, -0.2) is 4.98 Å². The fraction of sp³-hybridized carbons (Fsp3) is 0.600. The quantitative estimate of drug-likeness (QED) is 0.751. The summed E-state index contributed by atoms with van der Waals surface area (Å²) < 4.78 is 11.0. The van der Waals surface area contributed by atoms with Gasteiger partial charge in [0.25, 0.3) is 0 Å². The van der Waals surface area contributed by atoms with E-state index in [1.54, 1.807) is 18.3 Å². The number of hydrogen-bond donors (Lipinski definition) is 1. The molecule has 0 fully saturated rings. The number of nitrogens with zero attached hydrogens (tertiary/aromatic N) is 1. The molecule has 0 bridgehead atoms. The molecular formula is C15H24N2O3. The molecule has 0 amide bonds. The number of nitrogens with one attached hydrogen (secondary N) is 1. The Morgan fingerprint density at radius 2 is 2.10 bits per heavy atom. The van der Waals surface area contributed by atoms with Gasteiger partial charge < -0.3 is 14.8 Å². The Morgan fingerprint density at radius 3 is 2.65 bits per heavy atom. The maximum atomic E-state index is 11.1. The summed E-state index contributed by atoms with van der Waals surface area (Å²) in [5.41, 5.74) is 0. The molecule has 1 atom stereocenters. The molecule has 0 aliphatic heterocycles. The third kappa shape index (κ3) is 6.52. The van der Waals surface area contributed by atoms with Crippen molar-refractivity contribution in [3.63, 3.8) is 0 Å². The molecule has 5 nitrogen and oxygen atoms in total. The Labute approximate surface area is 120 Å². The first kappa shape index (κ1) is 16.4. The van der Waals surface area contributed by atoms with Gasteiger partial charge in [0.1, 0.15) is 18.5 Å². The topological polar surface area (TPSA) is 60.5 Å². The number of rotatable bonds is 9. The highest BCUT2D eigenvalue weighted by atomic mass is 16.5. The van der Waals surface area contributed by atoms with Crippen molar-refractivity contribution in [1.82, 2.24) is 10.3 Å². The molecular weight excluding hydrogens is 256 g/mol. The molecule has 1 aromatic heterocycles. The predicted molar refractivity (Wildman–Crippen MR) is 78.3 cm³/mol. The molecule has 1 rings (SSSR count). The van der Waals surface area contributed by atoms with Gasteiger partial charge in [0, 0.05) is 25.1 Å². The van der Waals surface area contributed by atoms with E-state index in [2.05, 4.69) is 24.1 Å². The van der Waals surface area contributed by atoms with E-state index in [4.69, 9.17) is 9.47 Å². The maximum Gasteiger partial charge on any atom is 0.213 e. The number of hydrogen-bond acceptors (Lipinski definition) is 5. The predicted octanol–water partition coefficient (Wildman–Crippen LogP) is 2.20. The SMILES string of the molecule is CCC(=O)COc1ccc(O[C@@H](C)CNC(C)C)nc1. The monoisotopic (exact) mass is 280 g/mol. The normalized spacial score (nSPS) is 12.2. The van der Waals surface area contributed by atoms with Gasteiger partial charge in [-0.1, -0.05) is 20.8 Å². The van der Waals surface area contributed by atoms with Crippen molar-refractivity contribution in [3.05, 3.63) is 18.3 Å². The lowest BCUT2D eigenvalue weighted by molar-refractivity contribution is -0.120. The lowest BCUT2D eigenvalue weighted by Gasteiger charge is -2.16. The Bertz CT molecular complexity index is 404. The van der Waals surface area contributed by atoms with E-state index in [1.807, 2.05) is 13.8 Å². The summed E-state index contributed by atoms with van der Waals surface area (Å²) in [7, 11) is 0. The highest BCUT2D eigenvalue weighted by Gasteiger charge is 2.06. The molecule has 5 heteroatoms. The van der Waals surface area contributed by atoms with Crippen LogP contribution in [-0.2, 0) is 4.79 Å². The lowest BCUT2D eigenvalue weighted by atomic mass is 10.3. The first-order valence-corrected chi connectivity index (χ1v) is 7.01. The zero-order chi connectivity index (χ0) is 15.0. The molecule has 1 N–H and O–H groups in total. The maximum absolute atomic E-state index is 11.1.